The fourth-order valence-corrected chi connectivity index (χ4v) is 2.13. The van der Waals surface area contributed by atoms with Gasteiger partial charge in [-0.2, -0.15) is 4.98 Å². The maximum atomic E-state index is 11.1. The average Bonchev–Trinajstić information content (AvgIpc) is 2.37. The van der Waals surface area contributed by atoms with E-state index in [-0.39, 0.29) is 17.3 Å². The van der Waals surface area contributed by atoms with Crippen molar-refractivity contribution in [3.8, 4) is 11.6 Å². The molecule has 0 unspecified atom stereocenters. The predicted octanol–water partition coefficient (Wildman–Crippen LogP) is 3.81. The molecule has 0 aliphatic carbocycles. The van der Waals surface area contributed by atoms with Gasteiger partial charge in [0.1, 0.15) is 10.4 Å². The van der Waals surface area contributed by atoms with Crippen LogP contribution >= 0.6 is 15.9 Å². The Morgan fingerprint density at radius 3 is 2.70 bits per heavy atom. The lowest BCUT2D eigenvalue weighted by molar-refractivity contribution is -0.385. The van der Waals surface area contributed by atoms with E-state index in [1.165, 1.54) is 6.07 Å². The second-order valence-electron chi connectivity index (χ2n) is 4.09. The molecule has 0 amide bonds. The number of hydrogen-bond donors (Lipinski definition) is 0. The van der Waals surface area contributed by atoms with Crippen LogP contribution in [-0.2, 0) is 6.42 Å². The minimum atomic E-state index is -0.461. The van der Waals surface area contributed by atoms with Crippen molar-refractivity contribution in [1.82, 2.24) is 9.97 Å². The number of aromatic nitrogens is 2. The standard InChI is InChI=1S/C13H12BrN3O3/c1-3-9-4-5-11(10(6-9)17(18)19)20-13-7-12(14)15-8(2)16-13/h4-7H,3H2,1-2H3. The molecule has 0 aliphatic rings. The highest BCUT2D eigenvalue weighted by molar-refractivity contribution is 9.10. The van der Waals surface area contributed by atoms with Crippen LogP contribution in [0.1, 0.15) is 18.3 Å². The molecule has 1 aromatic heterocycles. The molecule has 104 valence electrons. The van der Waals surface area contributed by atoms with Crippen LogP contribution in [0.25, 0.3) is 0 Å². The largest absolute Gasteiger partial charge is 0.432 e. The monoisotopic (exact) mass is 337 g/mol. The van der Waals surface area contributed by atoms with Gasteiger partial charge in [0.05, 0.1) is 4.92 Å². The molecule has 2 rings (SSSR count). The molecule has 0 radical (unpaired) electrons. The number of nitrogens with zero attached hydrogens (tertiary/aromatic N) is 3. The van der Waals surface area contributed by atoms with Crippen LogP contribution in [0.15, 0.2) is 28.9 Å². The van der Waals surface area contributed by atoms with Gasteiger partial charge in [-0.15, -0.1) is 0 Å². The molecule has 0 aliphatic heterocycles. The Hall–Kier alpha value is -2.02. The fourth-order valence-electron chi connectivity index (χ4n) is 1.68. The van der Waals surface area contributed by atoms with Gasteiger partial charge in [0.15, 0.2) is 0 Å². The minimum Gasteiger partial charge on any atom is -0.432 e. The SMILES string of the molecule is CCc1ccc(Oc2cc(Br)nc(C)n2)c([N+](=O)[O-])c1. The summed E-state index contributed by atoms with van der Waals surface area (Å²) in [6.45, 7) is 3.65. The smallest absolute Gasteiger partial charge is 0.311 e. The molecule has 2 aromatic rings. The predicted molar refractivity (Wildman–Crippen MR) is 77.0 cm³/mol. The third-order valence-electron chi connectivity index (χ3n) is 2.63. The van der Waals surface area contributed by atoms with Crippen LogP contribution in [0.4, 0.5) is 5.69 Å². The Kier molecular flexibility index (Phi) is 4.29. The number of nitro benzene ring substituents is 1. The number of aryl methyl sites for hydroxylation is 2. The molecule has 0 bridgehead atoms. The Labute approximate surface area is 124 Å². The molecule has 0 saturated carbocycles. The van der Waals surface area contributed by atoms with Crippen molar-refractivity contribution in [3.05, 3.63) is 50.4 Å². The summed E-state index contributed by atoms with van der Waals surface area (Å²) in [6, 6.07) is 6.45. The van der Waals surface area contributed by atoms with Crippen molar-refractivity contribution >= 4 is 21.6 Å². The van der Waals surface area contributed by atoms with Crippen LogP contribution in [0.3, 0.4) is 0 Å². The van der Waals surface area contributed by atoms with Gasteiger partial charge in [0.2, 0.25) is 11.6 Å². The molecule has 6 nitrogen and oxygen atoms in total. The molecule has 0 N–H and O–H groups in total. The van der Waals surface area contributed by atoms with E-state index in [0.29, 0.717) is 10.4 Å². The highest BCUT2D eigenvalue weighted by Crippen LogP contribution is 2.32. The van der Waals surface area contributed by atoms with Gasteiger partial charge in [-0.25, -0.2) is 4.98 Å². The highest BCUT2D eigenvalue weighted by Gasteiger charge is 2.17. The zero-order valence-corrected chi connectivity index (χ0v) is 12.5. The summed E-state index contributed by atoms with van der Waals surface area (Å²) < 4.78 is 6.07. The number of hydrogen-bond acceptors (Lipinski definition) is 5. The van der Waals surface area contributed by atoms with Gasteiger partial charge in [-0.05, 0) is 40.9 Å². The van der Waals surface area contributed by atoms with E-state index >= 15 is 0 Å². The first kappa shape index (κ1) is 14.4. The van der Waals surface area contributed by atoms with Crippen molar-refractivity contribution < 1.29 is 9.66 Å². The number of benzene rings is 1. The summed E-state index contributed by atoms with van der Waals surface area (Å²) >= 11 is 3.23. The second kappa shape index (κ2) is 5.96. The van der Waals surface area contributed by atoms with Gasteiger partial charge < -0.3 is 4.74 Å². The third kappa shape index (κ3) is 3.30. The Bertz CT molecular complexity index is 641. The van der Waals surface area contributed by atoms with Crippen molar-refractivity contribution in [2.45, 2.75) is 20.3 Å². The normalized spacial score (nSPS) is 10.3. The maximum Gasteiger partial charge on any atom is 0.311 e. The van der Waals surface area contributed by atoms with Crippen LogP contribution in [-0.4, -0.2) is 14.9 Å². The van der Waals surface area contributed by atoms with E-state index in [1.54, 1.807) is 25.1 Å². The molecular weight excluding hydrogens is 326 g/mol. The van der Waals surface area contributed by atoms with Crippen LogP contribution < -0.4 is 4.74 Å². The highest BCUT2D eigenvalue weighted by atomic mass is 79.9. The first-order chi connectivity index (χ1) is 9.49. The summed E-state index contributed by atoms with van der Waals surface area (Å²) in [5.74, 6) is 0.941. The van der Waals surface area contributed by atoms with E-state index in [9.17, 15) is 10.1 Å². The van der Waals surface area contributed by atoms with Crippen molar-refractivity contribution in [1.29, 1.82) is 0 Å². The minimum absolute atomic E-state index is 0.0725. The first-order valence-corrected chi connectivity index (χ1v) is 6.75. The van der Waals surface area contributed by atoms with E-state index in [4.69, 9.17) is 4.74 Å². The lowest BCUT2D eigenvalue weighted by Gasteiger charge is -2.07. The van der Waals surface area contributed by atoms with Gasteiger partial charge in [0.25, 0.3) is 0 Å². The molecule has 1 heterocycles. The molecule has 1 aromatic carbocycles. The number of nitro groups is 1. The van der Waals surface area contributed by atoms with Crippen molar-refractivity contribution in [2.75, 3.05) is 0 Å². The lowest BCUT2D eigenvalue weighted by atomic mass is 10.1. The molecule has 7 heteroatoms. The topological polar surface area (TPSA) is 78.2 Å². The number of rotatable bonds is 4. The van der Waals surface area contributed by atoms with Crippen molar-refractivity contribution in [3.63, 3.8) is 0 Å². The molecule has 0 saturated heterocycles. The average molecular weight is 338 g/mol. The zero-order chi connectivity index (χ0) is 14.7. The summed E-state index contributed by atoms with van der Waals surface area (Å²) in [6.07, 6.45) is 0.722. The van der Waals surface area contributed by atoms with Gasteiger partial charge in [-0.1, -0.05) is 13.0 Å². The number of halogens is 1. The second-order valence-corrected chi connectivity index (χ2v) is 4.90. The van der Waals surface area contributed by atoms with Crippen molar-refractivity contribution in [2.24, 2.45) is 0 Å². The summed E-state index contributed by atoms with van der Waals surface area (Å²) in [7, 11) is 0. The molecule has 20 heavy (non-hydrogen) atoms. The van der Waals surface area contributed by atoms with E-state index < -0.39 is 4.92 Å². The van der Waals surface area contributed by atoms with E-state index in [0.717, 1.165) is 12.0 Å². The number of ether oxygens (including phenoxy) is 1. The third-order valence-corrected chi connectivity index (χ3v) is 3.03. The fraction of sp³-hybridized carbons (Fsp3) is 0.231. The van der Waals surface area contributed by atoms with E-state index in [1.807, 2.05) is 6.92 Å². The zero-order valence-electron chi connectivity index (χ0n) is 11.0. The van der Waals surface area contributed by atoms with Crippen LogP contribution in [0.2, 0.25) is 0 Å². The van der Waals surface area contributed by atoms with Gasteiger partial charge in [0, 0.05) is 12.1 Å². The van der Waals surface area contributed by atoms with Crippen LogP contribution in [0.5, 0.6) is 11.6 Å². The van der Waals surface area contributed by atoms with Crippen LogP contribution in [0, 0.1) is 17.0 Å². The Morgan fingerprint density at radius 1 is 1.35 bits per heavy atom. The summed E-state index contributed by atoms with van der Waals surface area (Å²) in [5, 5.41) is 11.1. The first-order valence-electron chi connectivity index (χ1n) is 5.96. The lowest BCUT2D eigenvalue weighted by Crippen LogP contribution is -1.98. The summed E-state index contributed by atoms with van der Waals surface area (Å²) in [5.41, 5.74) is 0.806. The van der Waals surface area contributed by atoms with Gasteiger partial charge in [-0.3, -0.25) is 10.1 Å². The Morgan fingerprint density at radius 2 is 2.10 bits per heavy atom. The summed E-state index contributed by atoms with van der Waals surface area (Å²) in [4.78, 5) is 18.8. The molecule has 0 spiro atoms. The quantitative estimate of drug-likeness (QED) is 0.481. The maximum absolute atomic E-state index is 11.1. The molecular formula is C13H12BrN3O3. The van der Waals surface area contributed by atoms with E-state index in [2.05, 4.69) is 25.9 Å². The molecule has 0 atom stereocenters. The Balaban J connectivity index is 2.39. The molecule has 0 fully saturated rings. The van der Waals surface area contributed by atoms with Gasteiger partial charge >= 0.3 is 5.69 Å².